The molecule has 0 atom stereocenters. The molecular formula is C17H17N7O5S3. The average Bonchev–Trinajstić information content (AvgIpc) is 3.42. The molecule has 0 bridgehead atoms. The quantitative estimate of drug-likeness (QED) is 0.138. The molecule has 0 aliphatic heterocycles. The van der Waals surface area contributed by atoms with E-state index in [2.05, 4.69) is 31.0 Å². The summed E-state index contributed by atoms with van der Waals surface area (Å²) in [6, 6.07) is 6.01. The van der Waals surface area contributed by atoms with Crippen LogP contribution < -0.4 is 10.6 Å². The third-order valence-corrected chi connectivity index (χ3v) is 6.51. The maximum Gasteiger partial charge on any atom is 0.413 e. The molecule has 2 heterocycles. The van der Waals surface area contributed by atoms with E-state index in [9.17, 15) is 19.7 Å². The van der Waals surface area contributed by atoms with Gasteiger partial charge in [-0.3, -0.25) is 25.5 Å². The van der Waals surface area contributed by atoms with Gasteiger partial charge in [0.25, 0.3) is 5.69 Å². The van der Waals surface area contributed by atoms with Crippen LogP contribution in [0, 0.1) is 10.1 Å². The van der Waals surface area contributed by atoms with Crippen LogP contribution in [0.1, 0.15) is 19.8 Å². The van der Waals surface area contributed by atoms with E-state index in [0.29, 0.717) is 21.5 Å². The Morgan fingerprint density at radius 1 is 1.16 bits per heavy atom. The maximum atomic E-state index is 12.2. The Labute approximate surface area is 194 Å². The van der Waals surface area contributed by atoms with Crippen molar-refractivity contribution in [1.82, 2.24) is 20.4 Å². The molecule has 12 nitrogen and oxygen atoms in total. The topological polar surface area (TPSA) is 162 Å². The Bertz CT molecular complexity index is 1100. The normalized spacial score (nSPS) is 10.5. The number of rotatable bonds is 10. The highest BCUT2D eigenvalue weighted by molar-refractivity contribution is 8.01. The predicted molar refractivity (Wildman–Crippen MR) is 121 cm³/mol. The van der Waals surface area contributed by atoms with Gasteiger partial charge >= 0.3 is 6.09 Å². The van der Waals surface area contributed by atoms with E-state index in [4.69, 9.17) is 4.74 Å². The molecule has 3 aromatic rings. The molecule has 0 saturated carbocycles. The second-order valence-corrected chi connectivity index (χ2v) is 9.22. The van der Waals surface area contributed by atoms with Crippen molar-refractivity contribution in [3.8, 4) is 10.6 Å². The van der Waals surface area contributed by atoms with Crippen LogP contribution in [0.4, 0.5) is 20.7 Å². The molecule has 0 unspecified atom stereocenters. The van der Waals surface area contributed by atoms with E-state index in [1.165, 1.54) is 12.1 Å². The molecule has 0 aliphatic rings. The molecule has 0 fully saturated rings. The lowest BCUT2D eigenvalue weighted by molar-refractivity contribution is -0.384. The Hall–Kier alpha value is -3.17. The molecule has 0 radical (unpaired) electrons. The second-order valence-electron chi connectivity index (χ2n) is 6.04. The summed E-state index contributed by atoms with van der Waals surface area (Å²) in [6.45, 7) is 2.32. The lowest BCUT2D eigenvalue weighted by Gasteiger charge is -2.02. The van der Waals surface area contributed by atoms with Gasteiger partial charge in [-0.2, -0.15) is 0 Å². The third kappa shape index (κ3) is 6.93. The average molecular weight is 496 g/mol. The molecule has 0 spiro atoms. The first-order valence-electron chi connectivity index (χ1n) is 9.23. The first kappa shape index (κ1) is 23.5. The summed E-state index contributed by atoms with van der Waals surface area (Å²) in [7, 11) is 0. The zero-order valence-corrected chi connectivity index (χ0v) is 19.1. The van der Waals surface area contributed by atoms with Gasteiger partial charge in [0.05, 0.1) is 17.3 Å². The zero-order chi connectivity index (χ0) is 22.9. The van der Waals surface area contributed by atoms with E-state index in [0.717, 1.165) is 47.3 Å². The van der Waals surface area contributed by atoms with E-state index < -0.39 is 11.0 Å². The molecule has 3 rings (SSSR count). The molecule has 2 N–H and O–H groups in total. The van der Waals surface area contributed by atoms with Gasteiger partial charge in [-0.05, 0) is 6.42 Å². The third-order valence-electron chi connectivity index (χ3n) is 3.65. The molecule has 1 aromatic carbocycles. The summed E-state index contributed by atoms with van der Waals surface area (Å²) in [5.74, 6) is -0.290. The van der Waals surface area contributed by atoms with Gasteiger partial charge in [0, 0.05) is 17.7 Å². The fourth-order valence-electron chi connectivity index (χ4n) is 2.18. The van der Waals surface area contributed by atoms with Crippen LogP contribution in [0.5, 0.6) is 0 Å². The number of amides is 2. The van der Waals surface area contributed by atoms with Crippen LogP contribution in [-0.4, -0.2) is 49.7 Å². The van der Waals surface area contributed by atoms with Crippen molar-refractivity contribution in [2.45, 2.75) is 24.1 Å². The van der Waals surface area contributed by atoms with Crippen LogP contribution in [0.2, 0.25) is 0 Å². The maximum absolute atomic E-state index is 12.2. The Balaban J connectivity index is 1.48. The number of carbonyl (C=O) groups excluding carboxylic acids is 2. The summed E-state index contributed by atoms with van der Waals surface area (Å²) >= 11 is 3.37. The largest absolute Gasteiger partial charge is 0.449 e. The van der Waals surface area contributed by atoms with Crippen LogP contribution in [0.25, 0.3) is 10.6 Å². The molecule has 15 heteroatoms. The van der Waals surface area contributed by atoms with E-state index in [1.807, 2.05) is 6.92 Å². The lowest BCUT2D eigenvalue weighted by atomic mass is 10.2. The Morgan fingerprint density at radius 3 is 2.72 bits per heavy atom. The summed E-state index contributed by atoms with van der Waals surface area (Å²) in [5.41, 5.74) is 0.480. The minimum atomic E-state index is -0.597. The van der Waals surface area contributed by atoms with Gasteiger partial charge in [0.1, 0.15) is 5.01 Å². The number of thioether (sulfide) groups is 1. The first-order valence-corrected chi connectivity index (χ1v) is 11.8. The Morgan fingerprint density at radius 2 is 1.94 bits per heavy atom. The number of hydrogen-bond acceptors (Lipinski definition) is 12. The molecule has 32 heavy (non-hydrogen) atoms. The Kier molecular flexibility index (Phi) is 8.41. The van der Waals surface area contributed by atoms with Crippen molar-refractivity contribution < 1.29 is 19.2 Å². The van der Waals surface area contributed by atoms with Gasteiger partial charge in [0.15, 0.2) is 4.34 Å². The number of nitro groups is 1. The number of ether oxygens (including phenoxy) is 1. The van der Waals surface area contributed by atoms with Crippen molar-refractivity contribution >= 4 is 62.4 Å². The fourth-order valence-corrected chi connectivity index (χ4v) is 4.47. The van der Waals surface area contributed by atoms with Crippen LogP contribution in [0.15, 0.2) is 28.6 Å². The number of nitro benzene ring substituents is 1. The predicted octanol–water partition coefficient (Wildman–Crippen LogP) is 4.04. The van der Waals surface area contributed by atoms with Crippen molar-refractivity contribution in [3.63, 3.8) is 0 Å². The fraction of sp³-hybridized carbons (Fsp3) is 0.294. The number of nitrogens with one attached hydrogen (secondary N) is 2. The summed E-state index contributed by atoms with van der Waals surface area (Å²) in [4.78, 5) is 34.2. The summed E-state index contributed by atoms with van der Waals surface area (Å²) in [5, 5.41) is 32.6. The number of benzene rings is 1. The highest BCUT2D eigenvalue weighted by Gasteiger charge is 2.14. The SMILES string of the molecule is CCCCOC(=O)Nc1nnc(SCC(=O)Nc2nnc(-c3cccc([N+](=O)[O-])c3)s2)s1. The summed E-state index contributed by atoms with van der Waals surface area (Å²) < 4.78 is 5.48. The summed E-state index contributed by atoms with van der Waals surface area (Å²) in [6.07, 6.45) is 1.10. The zero-order valence-electron chi connectivity index (χ0n) is 16.6. The minimum absolute atomic E-state index is 0.0430. The van der Waals surface area contributed by atoms with E-state index >= 15 is 0 Å². The van der Waals surface area contributed by atoms with Crippen molar-refractivity contribution in [2.75, 3.05) is 23.0 Å². The van der Waals surface area contributed by atoms with Crippen LogP contribution in [-0.2, 0) is 9.53 Å². The number of nitrogens with zero attached hydrogens (tertiary/aromatic N) is 5. The van der Waals surface area contributed by atoms with Crippen LogP contribution in [0.3, 0.4) is 0 Å². The van der Waals surface area contributed by atoms with E-state index in [-0.39, 0.29) is 27.6 Å². The number of anilines is 2. The van der Waals surface area contributed by atoms with E-state index in [1.54, 1.807) is 12.1 Å². The molecule has 0 aliphatic carbocycles. The van der Waals surface area contributed by atoms with Gasteiger partial charge in [-0.25, -0.2) is 4.79 Å². The monoisotopic (exact) mass is 495 g/mol. The molecule has 2 amide bonds. The molecular weight excluding hydrogens is 478 g/mol. The van der Waals surface area contributed by atoms with Gasteiger partial charge in [-0.1, -0.05) is 59.9 Å². The van der Waals surface area contributed by atoms with Crippen molar-refractivity contribution in [3.05, 3.63) is 34.4 Å². The minimum Gasteiger partial charge on any atom is -0.449 e. The number of aromatic nitrogens is 4. The smallest absolute Gasteiger partial charge is 0.413 e. The standard InChI is InChI=1S/C17H17N7O5S3/c1-2-3-7-29-16(26)19-15-22-23-17(32-15)30-9-12(25)18-14-21-20-13(31-14)10-5-4-6-11(8-10)24(27)28/h4-6,8H,2-3,7,9H2,1H3,(H,18,21,25)(H,19,22,26). The highest BCUT2D eigenvalue weighted by Crippen LogP contribution is 2.29. The molecule has 2 aromatic heterocycles. The van der Waals surface area contributed by atoms with Gasteiger partial charge in [0.2, 0.25) is 16.2 Å². The van der Waals surface area contributed by atoms with Gasteiger partial charge in [-0.15, -0.1) is 20.4 Å². The lowest BCUT2D eigenvalue weighted by Crippen LogP contribution is -2.14. The van der Waals surface area contributed by atoms with Crippen molar-refractivity contribution in [1.29, 1.82) is 0 Å². The number of non-ortho nitro benzene ring substituents is 1. The molecule has 168 valence electrons. The van der Waals surface area contributed by atoms with Crippen molar-refractivity contribution in [2.24, 2.45) is 0 Å². The van der Waals surface area contributed by atoms with Gasteiger partial charge < -0.3 is 4.74 Å². The number of unbranched alkanes of at least 4 members (excludes halogenated alkanes) is 1. The molecule has 0 saturated heterocycles. The van der Waals surface area contributed by atoms with Crippen LogP contribution >= 0.6 is 34.4 Å². The first-order chi connectivity index (χ1) is 15.4. The number of hydrogen-bond donors (Lipinski definition) is 2. The second kappa shape index (κ2) is 11.4. The number of carbonyl (C=O) groups is 2. The highest BCUT2D eigenvalue weighted by atomic mass is 32.2.